The Morgan fingerprint density at radius 1 is 0.968 bits per heavy atom. The van der Waals surface area contributed by atoms with Gasteiger partial charge in [-0.15, -0.1) is 0 Å². The number of hydrogen-bond donors (Lipinski definition) is 0. The van der Waals surface area contributed by atoms with Crippen molar-refractivity contribution in [1.82, 2.24) is 0 Å². The summed E-state index contributed by atoms with van der Waals surface area (Å²) in [5.41, 5.74) is 5.22. The summed E-state index contributed by atoms with van der Waals surface area (Å²) in [6.07, 6.45) is 13.5. The highest BCUT2D eigenvalue weighted by Crippen LogP contribution is 2.58. The minimum Gasteiger partial charge on any atom is -0.486 e. The second-order valence-electron chi connectivity index (χ2n) is 9.37. The number of rotatable bonds is 3. The molecular weight excluding hydrogens is 380 g/mol. The van der Waals surface area contributed by atoms with Crippen LogP contribution in [0, 0.1) is 11.8 Å². The van der Waals surface area contributed by atoms with Crippen LogP contribution in [-0.4, -0.2) is 11.4 Å². The molecule has 0 radical (unpaired) electrons. The normalized spacial score (nSPS) is 28.4. The van der Waals surface area contributed by atoms with Crippen molar-refractivity contribution in [3.05, 3.63) is 113 Å². The molecule has 31 heavy (non-hydrogen) atoms. The van der Waals surface area contributed by atoms with Crippen molar-refractivity contribution in [3.63, 3.8) is 0 Å². The topological polar surface area (TPSA) is 26.3 Å². The van der Waals surface area contributed by atoms with E-state index in [-0.39, 0.29) is 11.4 Å². The van der Waals surface area contributed by atoms with Gasteiger partial charge in [-0.3, -0.25) is 4.79 Å². The zero-order chi connectivity index (χ0) is 20.8. The first-order valence-electron chi connectivity index (χ1n) is 11.4. The van der Waals surface area contributed by atoms with E-state index in [1.54, 1.807) is 6.08 Å². The molecular formula is C29H26O2. The van der Waals surface area contributed by atoms with Gasteiger partial charge in [0.25, 0.3) is 0 Å². The first-order chi connectivity index (χ1) is 15.2. The average molecular weight is 407 g/mol. The monoisotopic (exact) mass is 406 g/mol. The van der Waals surface area contributed by atoms with Crippen molar-refractivity contribution >= 4 is 11.4 Å². The number of fused-ring (bicyclic) bond motifs is 4. The van der Waals surface area contributed by atoms with Gasteiger partial charge in [0, 0.05) is 6.42 Å². The van der Waals surface area contributed by atoms with Gasteiger partial charge in [0.15, 0.2) is 5.78 Å². The van der Waals surface area contributed by atoms with E-state index in [9.17, 15) is 4.79 Å². The summed E-state index contributed by atoms with van der Waals surface area (Å²) in [6.45, 7) is 0. The van der Waals surface area contributed by atoms with Gasteiger partial charge in [0.05, 0.1) is 5.57 Å². The molecule has 4 aliphatic rings. The molecule has 6 rings (SSSR count). The minimum atomic E-state index is -0.145. The number of carbonyl (C=O) groups is 1. The fourth-order valence-corrected chi connectivity index (χ4v) is 6.18. The number of carbonyl (C=O) groups excluding carboxylic acids is 1. The Balaban J connectivity index is 1.53. The summed E-state index contributed by atoms with van der Waals surface area (Å²) in [5.74, 6) is 2.21. The molecule has 154 valence electrons. The van der Waals surface area contributed by atoms with Crippen LogP contribution in [-0.2, 0) is 9.53 Å². The van der Waals surface area contributed by atoms with E-state index in [0.717, 1.165) is 41.2 Å². The summed E-state index contributed by atoms with van der Waals surface area (Å²) in [5, 5.41) is 0. The van der Waals surface area contributed by atoms with Gasteiger partial charge in [-0.1, -0.05) is 66.7 Å². The highest BCUT2D eigenvalue weighted by atomic mass is 16.5. The van der Waals surface area contributed by atoms with E-state index in [0.29, 0.717) is 5.92 Å². The van der Waals surface area contributed by atoms with E-state index < -0.39 is 0 Å². The molecule has 2 bridgehead atoms. The summed E-state index contributed by atoms with van der Waals surface area (Å²) < 4.78 is 6.67. The quantitative estimate of drug-likeness (QED) is 0.588. The lowest BCUT2D eigenvalue weighted by Gasteiger charge is -2.43. The van der Waals surface area contributed by atoms with Crippen LogP contribution in [0.2, 0.25) is 0 Å². The fraction of sp³-hybridized carbons (Fsp3) is 0.276. The number of allylic oxidation sites excluding steroid dienone is 5. The third-order valence-corrected chi connectivity index (χ3v) is 7.52. The van der Waals surface area contributed by atoms with Crippen molar-refractivity contribution in [2.75, 3.05) is 0 Å². The minimum absolute atomic E-state index is 0.0576. The number of ketones is 1. The molecule has 3 unspecified atom stereocenters. The predicted molar refractivity (Wildman–Crippen MR) is 123 cm³/mol. The molecule has 1 aliphatic heterocycles. The molecule has 0 amide bonds. The van der Waals surface area contributed by atoms with Crippen molar-refractivity contribution in [2.45, 2.75) is 37.7 Å². The molecule has 2 saturated carbocycles. The first-order valence-corrected chi connectivity index (χ1v) is 11.4. The van der Waals surface area contributed by atoms with Gasteiger partial charge in [-0.05, 0) is 78.0 Å². The summed E-state index contributed by atoms with van der Waals surface area (Å²) >= 11 is 0. The Bertz CT molecular complexity index is 1110. The van der Waals surface area contributed by atoms with E-state index in [1.165, 1.54) is 30.4 Å². The van der Waals surface area contributed by atoms with Crippen molar-refractivity contribution in [1.29, 1.82) is 0 Å². The maximum absolute atomic E-state index is 13.0. The van der Waals surface area contributed by atoms with Crippen LogP contribution < -0.4 is 0 Å². The summed E-state index contributed by atoms with van der Waals surface area (Å²) in [6, 6.07) is 21.0. The Morgan fingerprint density at radius 3 is 2.29 bits per heavy atom. The summed E-state index contributed by atoms with van der Waals surface area (Å²) in [4.78, 5) is 13.0. The number of ether oxygens (including phenoxy) is 1. The van der Waals surface area contributed by atoms with Crippen LogP contribution in [0.15, 0.2) is 102 Å². The third-order valence-electron chi connectivity index (χ3n) is 7.52. The largest absolute Gasteiger partial charge is 0.486 e. The highest BCUT2D eigenvalue weighted by Gasteiger charge is 2.55. The lowest BCUT2D eigenvalue weighted by molar-refractivity contribution is -0.113. The van der Waals surface area contributed by atoms with Gasteiger partial charge in [0.1, 0.15) is 11.4 Å². The molecule has 3 atom stereocenters. The van der Waals surface area contributed by atoms with Crippen LogP contribution in [0.1, 0.15) is 43.2 Å². The summed E-state index contributed by atoms with van der Waals surface area (Å²) in [7, 11) is 0. The maximum atomic E-state index is 13.0. The number of benzene rings is 2. The van der Waals surface area contributed by atoms with Crippen LogP contribution in [0.25, 0.3) is 5.57 Å². The molecule has 2 aromatic rings. The average Bonchev–Trinajstić information content (AvgIpc) is 3.39. The van der Waals surface area contributed by atoms with Gasteiger partial charge in [0.2, 0.25) is 0 Å². The second-order valence-corrected chi connectivity index (χ2v) is 9.37. The molecule has 0 N–H and O–H groups in total. The van der Waals surface area contributed by atoms with Gasteiger partial charge < -0.3 is 4.74 Å². The van der Waals surface area contributed by atoms with E-state index in [1.807, 2.05) is 24.3 Å². The SMILES string of the molecule is O=C1C=CC=C2OC3(CC(C=C(c4ccccc4)c4ccccc4)=C12)CC1CCC3C1. The van der Waals surface area contributed by atoms with E-state index in [2.05, 4.69) is 54.6 Å². The molecule has 0 saturated heterocycles. The van der Waals surface area contributed by atoms with Crippen LogP contribution >= 0.6 is 0 Å². The number of hydrogen-bond acceptors (Lipinski definition) is 2. The Kier molecular flexibility index (Phi) is 4.34. The van der Waals surface area contributed by atoms with E-state index >= 15 is 0 Å². The Hall–Kier alpha value is -3.13. The predicted octanol–water partition coefficient (Wildman–Crippen LogP) is 6.42. The molecule has 2 fully saturated rings. The molecule has 0 aromatic heterocycles. The lowest BCUT2D eigenvalue weighted by atomic mass is 9.75. The highest BCUT2D eigenvalue weighted by molar-refractivity contribution is 6.09. The van der Waals surface area contributed by atoms with Gasteiger partial charge >= 0.3 is 0 Å². The second kappa shape index (κ2) is 7.23. The van der Waals surface area contributed by atoms with Crippen molar-refractivity contribution in [3.8, 4) is 0 Å². The van der Waals surface area contributed by atoms with Crippen molar-refractivity contribution in [2.24, 2.45) is 11.8 Å². The Labute approximate surface area is 183 Å². The lowest BCUT2D eigenvalue weighted by Crippen LogP contribution is -2.42. The maximum Gasteiger partial charge on any atom is 0.189 e. The first kappa shape index (κ1) is 18.6. The van der Waals surface area contributed by atoms with Crippen LogP contribution in [0.3, 0.4) is 0 Å². The molecule has 2 nitrogen and oxygen atoms in total. The molecule has 1 spiro atoms. The van der Waals surface area contributed by atoms with Crippen molar-refractivity contribution < 1.29 is 9.53 Å². The molecule has 2 heteroatoms. The molecule has 3 aliphatic carbocycles. The third kappa shape index (κ3) is 3.13. The zero-order valence-electron chi connectivity index (χ0n) is 17.6. The van der Waals surface area contributed by atoms with Crippen LogP contribution in [0.5, 0.6) is 0 Å². The smallest absolute Gasteiger partial charge is 0.189 e. The molecule has 1 heterocycles. The van der Waals surface area contributed by atoms with E-state index in [4.69, 9.17) is 4.74 Å². The van der Waals surface area contributed by atoms with Gasteiger partial charge in [-0.2, -0.15) is 0 Å². The standard InChI is InChI=1S/C29H26O2/c30-26-12-7-13-27-28(26)23(19-29(31-27)18-20-14-15-24(29)16-20)17-25(21-8-3-1-4-9-21)22-10-5-2-6-11-22/h1-13,17,20,24H,14-16,18-19H2. The molecule has 2 aromatic carbocycles. The fourth-order valence-electron chi connectivity index (χ4n) is 6.18. The van der Waals surface area contributed by atoms with Crippen LogP contribution in [0.4, 0.5) is 0 Å². The zero-order valence-corrected chi connectivity index (χ0v) is 17.6. The van der Waals surface area contributed by atoms with Gasteiger partial charge in [-0.25, -0.2) is 0 Å². The Morgan fingerprint density at radius 2 is 1.68 bits per heavy atom.